The molecule has 2 atom stereocenters. The van der Waals surface area contributed by atoms with Crippen molar-refractivity contribution in [3.63, 3.8) is 0 Å². The smallest absolute Gasteiger partial charge is 0.119 e. The van der Waals surface area contributed by atoms with Crippen molar-refractivity contribution in [3.05, 3.63) is 59.2 Å². The number of methoxy groups -OCH3 is 1. The van der Waals surface area contributed by atoms with Gasteiger partial charge in [-0.05, 0) is 41.3 Å². The zero-order valence-corrected chi connectivity index (χ0v) is 12.5. The third-order valence-electron chi connectivity index (χ3n) is 4.51. The van der Waals surface area contributed by atoms with Crippen LogP contribution in [0.1, 0.15) is 22.6 Å². The zero-order valence-electron chi connectivity index (χ0n) is 11.7. The Hall–Kier alpha value is -1.61. The molecule has 2 aromatic carbocycles. The number of rotatable bonds is 2. The third kappa shape index (κ3) is 1.53. The second-order valence-corrected chi connectivity index (χ2v) is 6.14. The van der Waals surface area contributed by atoms with E-state index in [4.69, 9.17) is 4.74 Å². The average molecular weight is 283 g/mol. The molecule has 0 spiro atoms. The Labute approximate surface area is 123 Å². The van der Waals surface area contributed by atoms with E-state index in [1.807, 2.05) is 11.9 Å². The van der Waals surface area contributed by atoms with Gasteiger partial charge in [0.2, 0.25) is 0 Å². The summed E-state index contributed by atoms with van der Waals surface area (Å²) in [7, 11) is 1.74. The van der Waals surface area contributed by atoms with Crippen molar-refractivity contribution >= 4 is 17.6 Å². The molecule has 0 fully saturated rings. The molecule has 0 saturated carbocycles. The summed E-state index contributed by atoms with van der Waals surface area (Å²) < 4.78 is 7.89. The first-order chi connectivity index (χ1) is 9.83. The SMILES string of the molecule is COc1ccc2c(c1)C1c3ccccc3CC1N2SC. The lowest BCUT2D eigenvalue weighted by Gasteiger charge is -2.23. The van der Waals surface area contributed by atoms with Crippen LogP contribution in [-0.2, 0) is 6.42 Å². The normalized spacial score (nSPS) is 22.4. The number of nitrogens with zero attached hydrogens (tertiary/aromatic N) is 1. The maximum absolute atomic E-state index is 5.42. The molecule has 1 heterocycles. The molecule has 0 bridgehead atoms. The molecular weight excluding hydrogens is 266 g/mol. The van der Waals surface area contributed by atoms with E-state index in [9.17, 15) is 0 Å². The standard InChI is InChI=1S/C17H17NOS/c1-19-12-7-8-15-14(10-12)17-13-6-4-3-5-11(13)9-16(17)18(15)20-2/h3-8,10,16-17H,9H2,1-2H3. The summed E-state index contributed by atoms with van der Waals surface area (Å²) in [5.74, 6) is 1.44. The van der Waals surface area contributed by atoms with Crippen LogP contribution in [0.2, 0.25) is 0 Å². The van der Waals surface area contributed by atoms with Crippen LogP contribution in [0.15, 0.2) is 42.5 Å². The van der Waals surface area contributed by atoms with E-state index in [1.165, 1.54) is 22.4 Å². The predicted molar refractivity (Wildman–Crippen MR) is 84.8 cm³/mol. The van der Waals surface area contributed by atoms with Gasteiger partial charge in [0.15, 0.2) is 0 Å². The molecule has 20 heavy (non-hydrogen) atoms. The monoisotopic (exact) mass is 283 g/mol. The van der Waals surface area contributed by atoms with Gasteiger partial charge in [0.1, 0.15) is 5.75 Å². The summed E-state index contributed by atoms with van der Waals surface area (Å²) in [6, 6.07) is 15.9. The van der Waals surface area contributed by atoms with E-state index in [0.717, 1.165) is 12.2 Å². The van der Waals surface area contributed by atoms with Gasteiger partial charge in [-0.15, -0.1) is 0 Å². The quantitative estimate of drug-likeness (QED) is 0.777. The Kier molecular flexibility index (Phi) is 2.71. The van der Waals surface area contributed by atoms with Gasteiger partial charge in [-0.25, -0.2) is 0 Å². The van der Waals surface area contributed by atoms with Gasteiger partial charge in [0.25, 0.3) is 0 Å². The van der Waals surface area contributed by atoms with Crippen LogP contribution in [0, 0.1) is 0 Å². The van der Waals surface area contributed by atoms with Crippen LogP contribution in [0.3, 0.4) is 0 Å². The van der Waals surface area contributed by atoms with E-state index in [1.54, 1.807) is 7.11 Å². The van der Waals surface area contributed by atoms with Gasteiger partial charge in [-0.3, -0.25) is 0 Å². The number of hydrogen-bond donors (Lipinski definition) is 0. The molecule has 0 N–H and O–H groups in total. The van der Waals surface area contributed by atoms with E-state index < -0.39 is 0 Å². The maximum Gasteiger partial charge on any atom is 0.119 e. The van der Waals surface area contributed by atoms with Crippen LogP contribution >= 0.6 is 11.9 Å². The molecule has 0 saturated heterocycles. The van der Waals surface area contributed by atoms with Crippen molar-refractivity contribution in [2.24, 2.45) is 0 Å². The molecule has 3 heteroatoms. The first-order valence-corrected chi connectivity index (χ1v) is 8.10. The van der Waals surface area contributed by atoms with Crippen LogP contribution < -0.4 is 9.04 Å². The molecule has 2 aromatic rings. The molecule has 0 radical (unpaired) electrons. The van der Waals surface area contributed by atoms with Crippen LogP contribution in [0.5, 0.6) is 5.75 Å². The fraction of sp³-hybridized carbons (Fsp3) is 0.294. The highest BCUT2D eigenvalue weighted by Crippen LogP contribution is 2.53. The van der Waals surface area contributed by atoms with Gasteiger partial charge in [0.05, 0.1) is 18.8 Å². The highest BCUT2D eigenvalue weighted by molar-refractivity contribution is 8.00. The Morgan fingerprint density at radius 2 is 2.00 bits per heavy atom. The molecular formula is C17H17NOS. The van der Waals surface area contributed by atoms with Gasteiger partial charge in [-0.1, -0.05) is 36.2 Å². The van der Waals surface area contributed by atoms with Crippen molar-refractivity contribution in [3.8, 4) is 5.75 Å². The minimum atomic E-state index is 0.490. The minimum Gasteiger partial charge on any atom is -0.497 e. The Morgan fingerprint density at radius 3 is 2.80 bits per heavy atom. The Morgan fingerprint density at radius 1 is 1.15 bits per heavy atom. The second-order valence-electron chi connectivity index (χ2n) is 5.38. The highest BCUT2D eigenvalue weighted by atomic mass is 32.2. The van der Waals surface area contributed by atoms with Crippen LogP contribution in [-0.4, -0.2) is 19.4 Å². The number of ether oxygens (including phenoxy) is 1. The molecule has 2 aliphatic rings. The third-order valence-corrected chi connectivity index (χ3v) is 5.37. The van der Waals surface area contributed by atoms with E-state index in [-0.39, 0.29) is 0 Å². The largest absolute Gasteiger partial charge is 0.497 e. The Bertz CT molecular complexity index is 670. The van der Waals surface area contributed by atoms with E-state index >= 15 is 0 Å². The second kappa shape index (κ2) is 4.45. The summed E-state index contributed by atoms with van der Waals surface area (Å²) >= 11 is 1.83. The fourth-order valence-electron chi connectivity index (χ4n) is 3.69. The lowest BCUT2D eigenvalue weighted by molar-refractivity contribution is 0.414. The van der Waals surface area contributed by atoms with E-state index in [2.05, 4.69) is 53.0 Å². The molecule has 2 nitrogen and oxygen atoms in total. The van der Waals surface area contributed by atoms with Gasteiger partial charge in [0, 0.05) is 12.2 Å². The van der Waals surface area contributed by atoms with E-state index in [0.29, 0.717) is 12.0 Å². The lowest BCUT2D eigenvalue weighted by Crippen LogP contribution is -2.26. The van der Waals surface area contributed by atoms with Crippen LogP contribution in [0.25, 0.3) is 0 Å². The van der Waals surface area contributed by atoms with Crippen molar-refractivity contribution in [1.29, 1.82) is 0 Å². The van der Waals surface area contributed by atoms with Gasteiger partial charge < -0.3 is 9.04 Å². The first-order valence-electron chi connectivity index (χ1n) is 6.92. The maximum atomic E-state index is 5.42. The summed E-state index contributed by atoms with van der Waals surface area (Å²) in [6.07, 6.45) is 3.30. The number of hydrogen-bond acceptors (Lipinski definition) is 3. The zero-order chi connectivity index (χ0) is 13.7. The highest BCUT2D eigenvalue weighted by Gasteiger charge is 2.44. The fourth-order valence-corrected chi connectivity index (χ4v) is 4.52. The van der Waals surface area contributed by atoms with Crippen molar-refractivity contribution in [1.82, 2.24) is 0 Å². The van der Waals surface area contributed by atoms with Gasteiger partial charge in [-0.2, -0.15) is 0 Å². The molecule has 4 rings (SSSR count). The molecule has 0 amide bonds. The van der Waals surface area contributed by atoms with Crippen LogP contribution in [0.4, 0.5) is 5.69 Å². The minimum absolute atomic E-state index is 0.490. The molecule has 2 unspecified atom stereocenters. The number of benzene rings is 2. The molecule has 0 aromatic heterocycles. The Balaban J connectivity index is 1.90. The summed E-state index contributed by atoms with van der Waals surface area (Å²) in [5.41, 5.74) is 5.75. The van der Waals surface area contributed by atoms with Gasteiger partial charge >= 0.3 is 0 Å². The summed E-state index contributed by atoms with van der Waals surface area (Å²) in [6.45, 7) is 0. The van der Waals surface area contributed by atoms with Crippen molar-refractivity contribution < 1.29 is 4.74 Å². The summed E-state index contributed by atoms with van der Waals surface area (Å²) in [5, 5.41) is 0. The molecule has 1 aliphatic heterocycles. The summed E-state index contributed by atoms with van der Waals surface area (Å²) in [4.78, 5) is 0. The van der Waals surface area contributed by atoms with Crippen molar-refractivity contribution in [2.45, 2.75) is 18.4 Å². The van der Waals surface area contributed by atoms with Crippen molar-refractivity contribution in [2.75, 3.05) is 17.7 Å². The first kappa shape index (κ1) is 12.2. The average Bonchev–Trinajstić information content (AvgIpc) is 3.00. The predicted octanol–water partition coefficient (Wildman–Crippen LogP) is 3.85. The lowest BCUT2D eigenvalue weighted by atomic mass is 9.93. The number of anilines is 1. The molecule has 102 valence electrons. The topological polar surface area (TPSA) is 12.5 Å². The molecule has 1 aliphatic carbocycles. The number of fused-ring (bicyclic) bond motifs is 5.